The molecule has 0 saturated heterocycles. The van der Waals surface area contributed by atoms with Gasteiger partial charge in [-0.2, -0.15) is 4.98 Å². The van der Waals surface area contributed by atoms with Crippen LogP contribution < -0.4 is 10.6 Å². The van der Waals surface area contributed by atoms with Crippen molar-refractivity contribution in [1.29, 1.82) is 0 Å². The number of aliphatic imine (C=N–C) groups is 1. The molecule has 2 N–H and O–H groups in total. The first-order valence-corrected chi connectivity index (χ1v) is 6.06. The Morgan fingerprint density at radius 3 is 2.79 bits per heavy atom. The van der Waals surface area contributed by atoms with Gasteiger partial charge in [-0.15, -0.1) is 24.0 Å². The van der Waals surface area contributed by atoms with Crippen molar-refractivity contribution in [2.24, 2.45) is 4.99 Å². The van der Waals surface area contributed by atoms with Gasteiger partial charge >= 0.3 is 0 Å². The zero-order valence-corrected chi connectivity index (χ0v) is 13.9. The second-order valence-electron chi connectivity index (χ2n) is 3.67. The summed E-state index contributed by atoms with van der Waals surface area (Å²) in [5.74, 6) is 2.06. The molecule has 1 rings (SSSR count). The lowest BCUT2D eigenvalue weighted by Gasteiger charge is -2.09. The van der Waals surface area contributed by atoms with E-state index in [2.05, 4.69) is 25.8 Å². The first-order chi connectivity index (χ1) is 8.76. The molecule has 7 nitrogen and oxygen atoms in total. The molecule has 1 aromatic rings. The number of halogens is 1. The van der Waals surface area contributed by atoms with Crippen LogP contribution in [0.4, 0.5) is 0 Å². The summed E-state index contributed by atoms with van der Waals surface area (Å²) in [7, 11) is 1.66. The summed E-state index contributed by atoms with van der Waals surface area (Å²) in [6.45, 7) is 6.58. The number of guanidine groups is 1. The Labute approximate surface area is 130 Å². The van der Waals surface area contributed by atoms with E-state index in [0.29, 0.717) is 37.8 Å². The normalized spacial score (nSPS) is 11.0. The van der Waals surface area contributed by atoms with Crippen LogP contribution in [0.25, 0.3) is 0 Å². The highest BCUT2D eigenvalue weighted by atomic mass is 127. The molecule has 0 aliphatic carbocycles. The fraction of sp³-hybridized carbons (Fsp3) is 0.727. The second kappa shape index (κ2) is 11.0. The van der Waals surface area contributed by atoms with Crippen molar-refractivity contribution in [1.82, 2.24) is 20.8 Å². The van der Waals surface area contributed by atoms with Crippen molar-refractivity contribution < 1.29 is 9.26 Å². The highest BCUT2D eigenvalue weighted by molar-refractivity contribution is 14.0. The van der Waals surface area contributed by atoms with Crippen LogP contribution in [0.2, 0.25) is 0 Å². The molecule has 0 fully saturated rings. The highest BCUT2D eigenvalue weighted by Gasteiger charge is 2.02. The lowest BCUT2D eigenvalue weighted by Crippen LogP contribution is -2.38. The van der Waals surface area contributed by atoms with Crippen LogP contribution in [0.5, 0.6) is 0 Å². The number of aryl methyl sites for hydroxylation is 1. The summed E-state index contributed by atoms with van der Waals surface area (Å²) in [4.78, 5) is 8.47. The van der Waals surface area contributed by atoms with E-state index in [4.69, 9.17) is 9.26 Å². The molecule has 0 amide bonds. The van der Waals surface area contributed by atoms with Crippen LogP contribution in [0, 0.1) is 6.92 Å². The number of ether oxygens (including phenoxy) is 1. The van der Waals surface area contributed by atoms with Crippen molar-refractivity contribution in [3.8, 4) is 0 Å². The Morgan fingerprint density at radius 1 is 1.42 bits per heavy atom. The quantitative estimate of drug-likeness (QED) is 0.313. The van der Waals surface area contributed by atoms with Crippen LogP contribution in [0.3, 0.4) is 0 Å². The number of nitrogens with one attached hydrogen (secondary N) is 2. The SMILES string of the molecule is CCNC(=NCCOC)NCCc1nc(C)no1.I. The van der Waals surface area contributed by atoms with E-state index in [9.17, 15) is 0 Å². The second-order valence-corrected chi connectivity index (χ2v) is 3.67. The number of methoxy groups -OCH3 is 1. The molecule has 0 atom stereocenters. The third kappa shape index (κ3) is 7.98. The number of nitrogens with zero attached hydrogens (tertiary/aromatic N) is 3. The van der Waals surface area contributed by atoms with Gasteiger partial charge in [0.1, 0.15) is 0 Å². The standard InChI is InChI=1S/C11H21N5O2.HI/c1-4-12-11(14-7-8-17-3)13-6-5-10-15-9(2)16-18-10;/h4-8H2,1-3H3,(H2,12,13,14);1H. The van der Waals surface area contributed by atoms with Gasteiger partial charge in [0, 0.05) is 26.6 Å². The van der Waals surface area contributed by atoms with E-state index in [1.165, 1.54) is 0 Å². The minimum absolute atomic E-state index is 0. The molecule has 110 valence electrons. The number of rotatable bonds is 7. The van der Waals surface area contributed by atoms with Crippen molar-refractivity contribution >= 4 is 29.9 Å². The Morgan fingerprint density at radius 2 is 2.21 bits per heavy atom. The summed E-state index contributed by atoms with van der Waals surface area (Å²) >= 11 is 0. The molecule has 0 aliphatic rings. The number of hydrogen-bond donors (Lipinski definition) is 2. The Balaban J connectivity index is 0.00000324. The van der Waals surface area contributed by atoms with Crippen molar-refractivity contribution in [3.05, 3.63) is 11.7 Å². The van der Waals surface area contributed by atoms with E-state index in [1.807, 2.05) is 6.92 Å². The van der Waals surface area contributed by atoms with Crippen molar-refractivity contribution in [3.63, 3.8) is 0 Å². The molecule has 0 aliphatic heterocycles. The zero-order chi connectivity index (χ0) is 13.2. The van der Waals surface area contributed by atoms with Gasteiger partial charge in [0.2, 0.25) is 5.89 Å². The number of hydrogen-bond acceptors (Lipinski definition) is 5. The fourth-order valence-corrected chi connectivity index (χ4v) is 1.32. The maximum Gasteiger partial charge on any atom is 0.228 e. The van der Waals surface area contributed by atoms with Crippen molar-refractivity contribution in [2.45, 2.75) is 20.3 Å². The molecular weight excluding hydrogens is 361 g/mol. The maximum atomic E-state index is 5.02. The molecule has 0 unspecified atom stereocenters. The van der Waals surface area contributed by atoms with Crippen LogP contribution in [0.15, 0.2) is 9.52 Å². The minimum atomic E-state index is 0. The molecule has 0 aromatic carbocycles. The van der Waals surface area contributed by atoms with Crippen LogP contribution >= 0.6 is 24.0 Å². The van der Waals surface area contributed by atoms with Gasteiger partial charge in [0.25, 0.3) is 0 Å². The predicted molar refractivity (Wildman–Crippen MR) is 84.0 cm³/mol. The largest absolute Gasteiger partial charge is 0.383 e. The van der Waals surface area contributed by atoms with Crippen LogP contribution in [-0.4, -0.2) is 49.5 Å². The monoisotopic (exact) mass is 383 g/mol. The van der Waals surface area contributed by atoms with Crippen molar-refractivity contribution in [2.75, 3.05) is 33.4 Å². The van der Waals surface area contributed by atoms with Gasteiger partial charge < -0.3 is 19.9 Å². The highest BCUT2D eigenvalue weighted by Crippen LogP contribution is 1.95. The average molecular weight is 383 g/mol. The summed E-state index contributed by atoms with van der Waals surface area (Å²) in [5.41, 5.74) is 0. The zero-order valence-electron chi connectivity index (χ0n) is 11.6. The minimum Gasteiger partial charge on any atom is -0.383 e. The smallest absolute Gasteiger partial charge is 0.228 e. The van der Waals surface area contributed by atoms with Gasteiger partial charge in [0.05, 0.1) is 13.2 Å². The van der Waals surface area contributed by atoms with Gasteiger partial charge in [-0.05, 0) is 13.8 Å². The van der Waals surface area contributed by atoms with Gasteiger partial charge in [-0.3, -0.25) is 4.99 Å². The molecule has 1 aromatic heterocycles. The molecular formula is C11H22IN5O2. The molecule has 19 heavy (non-hydrogen) atoms. The summed E-state index contributed by atoms with van der Waals surface area (Å²) < 4.78 is 9.97. The molecule has 0 radical (unpaired) electrons. The topological polar surface area (TPSA) is 84.6 Å². The molecule has 0 spiro atoms. The Hall–Kier alpha value is -0.900. The van der Waals surface area contributed by atoms with Gasteiger partial charge in [-0.25, -0.2) is 0 Å². The van der Waals surface area contributed by atoms with Crippen LogP contribution in [-0.2, 0) is 11.2 Å². The number of aromatic nitrogens is 2. The van der Waals surface area contributed by atoms with E-state index < -0.39 is 0 Å². The van der Waals surface area contributed by atoms with E-state index >= 15 is 0 Å². The predicted octanol–water partition coefficient (Wildman–Crippen LogP) is 0.740. The van der Waals surface area contributed by atoms with Gasteiger partial charge in [-0.1, -0.05) is 5.16 Å². The van der Waals surface area contributed by atoms with Gasteiger partial charge in [0.15, 0.2) is 11.8 Å². The fourth-order valence-electron chi connectivity index (χ4n) is 1.32. The van der Waals surface area contributed by atoms with E-state index in [1.54, 1.807) is 14.0 Å². The maximum absolute atomic E-state index is 5.02. The lowest BCUT2D eigenvalue weighted by molar-refractivity contribution is 0.208. The molecule has 0 saturated carbocycles. The molecule has 8 heteroatoms. The lowest BCUT2D eigenvalue weighted by atomic mass is 10.4. The van der Waals surface area contributed by atoms with E-state index in [0.717, 1.165) is 12.5 Å². The summed E-state index contributed by atoms with van der Waals surface area (Å²) in [6, 6.07) is 0. The molecule has 1 heterocycles. The van der Waals surface area contributed by atoms with E-state index in [-0.39, 0.29) is 24.0 Å². The Bertz CT molecular complexity index is 370. The summed E-state index contributed by atoms with van der Waals surface area (Å²) in [6.07, 6.45) is 0.676. The average Bonchev–Trinajstić information content (AvgIpc) is 2.75. The first kappa shape index (κ1) is 18.1. The first-order valence-electron chi connectivity index (χ1n) is 6.06. The van der Waals surface area contributed by atoms with Crippen LogP contribution in [0.1, 0.15) is 18.6 Å². The Kier molecular flexibility index (Phi) is 10.5. The third-order valence-corrected chi connectivity index (χ3v) is 2.11. The third-order valence-electron chi connectivity index (χ3n) is 2.11. The summed E-state index contributed by atoms with van der Waals surface area (Å²) in [5, 5.41) is 10.1. The molecule has 0 bridgehead atoms.